The molecule has 0 aliphatic rings. The first-order chi connectivity index (χ1) is 10.4. The first-order valence-corrected chi connectivity index (χ1v) is 8.12. The zero-order valence-electron chi connectivity index (χ0n) is 12.0. The fourth-order valence-corrected chi connectivity index (χ4v) is 2.27. The Labute approximate surface area is 128 Å². The van der Waals surface area contributed by atoms with Gasteiger partial charge in [0.1, 0.15) is 0 Å². The molecule has 4 N–H and O–H groups in total. The molecule has 0 aliphatic heterocycles. The second-order valence-corrected chi connectivity index (χ2v) is 6.14. The van der Waals surface area contributed by atoms with Crippen molar-refractivity contribution < 1.29 is 13.2 Å². The maximum absolute atomic E-state index is 11.7. The number of hydrogen-bond acceptors (Lipinski definition) is 4. The summed E-state index contributed by atoms with van der Waals surface area (Å²) in [7, 11) is -3.70. The number of hydrogen-bond donors (Lipinski definition) is 3. The maximum Gasteiger partial charge on any atom is 0.319 e. The number of benzene rings is 1. The molecular formula is C13H17N5O3S. The van der Waals surface area contributed by atoms with E-state index in [-0.39, 0.29) is 17.5 Å². The number of amides is 2. The Kier molecular flexibility index (Phi) is 4.78. The maximum atomic E-state index is 11.7. The number of nitrogens with one attached hydrogen (secondary N) is 2. The van der Waals surface area contributed by atoms with Crippen molar-refractivity contribution in [1.82, 2.24) is 15.1 Å². The van der Waals surface area contributed by atoms with Crippen molar-refractivity contribution in [2.45, 2.75) is 24.9 Å². The number of primary sulfonamides is 1. The number of urea groups is 1. The predicted molar refractivity (Wildman–Crippen MR) is 81.6 cm³/mol. The second kappa shape index (κ2) is 6.58. The largest absolute Gasteiger partial charge is 0.334 e. The van der Waals surface area contributed by atoms with E-state index in [2.05, 4.69) is 15.7 Å². The molecule has 2 rings (SSSR count). The lowest BCUT2D eigenvalue weighted by molar-refractivity contribution is 0.251. The van der Waals surface area contributed by atoms with Gasteiger partial charge in [0.25, 0.3) is 0 Å². The summed E-state index contributed by atoms with van der Waals surface area (Å²) < 4.78 is 24.0. The highest BCUT2D eigenvalue weighted by Gasteiger charge is 2.07. The molecule has 9 heteroatoms. The van der Waals surface area contributed by atoms with E-state index >= 15 is 0 Å². The number of carbonyl (C=O) groups is 1. The van der Waals surface area contributed by atoms with Crippen LogP contribution in [0.2, 0.25) is 0 Å². The molecule has 1 aromatic carbocycles. The Hall–Kier alpha value is -2.39. The van der Waals surface area contributed by atoms with Crippen LogP contribution >= 0.6 is 0 Å². The van der Waals surface area contributed by atoms with Gasteiger partial charge >= 0.3 is 6.03 Å². The number of sulfonamides is 1. The van der Waals surface area contributed by atoms with E-state index in [9.17, 15) is 13.2 Å². The Morgan fingerprint density at radius 2 is 2.00 bits per heavy atom. The van der Waals surface area contributed by atoms with E-state index in [1.165, 1.54) is 12.1 Å². The number of carbonyl (C=O) groups excluding carboxylic acids is 1. The molecule has 1 aromatic heterocycles. The van der Waals surface area contributed by atoms with Gasteiger partial charge in [-0.3, -0.25) is 4.68 Å². The SMILES string of the molecule is CCn1cc(NC(=O)NCc2ccc(S(N)(=O)=O)cc2)cn1. The fourth-order valence-electron chi connectivity index (χ4n) is 1.76. The Morgan fingerprint density at radius 1 is 1.32 bits per heavy atom. The van der Waals surface area contributed by atoms with Gasteiger partial charge in [0, 0.05) is 19.3 Å². The fraction of sp³-hybridized carbons (Fsp3) is 0.231. The van der Waals surface area contributed by atoms with Crippen LogP contribution in [0.4, 0.5) is 10.5 Å². The van der Waals surface area contributed by atoms with Gasteiger partial charge in [-0.2, -0.15) is 5.10 Å². The number of nitrogens with zero attached hydrogens (tertiary/aromatic N) is 2. The lowest BCUT2D eigenvalue weighted by atomic mass is 10.2. The third kappa shape index (κ3) is 4.30. The van der Waals surface area contributed by atoms with Gasteiger partial charge in [0.2, 0.25) is 10.0 Å². The van der Waals surface area contributed by atoms with E-state index < -0.39 is 10.0 Å². The van der Waals surface area contributed by atoms with E-state index in [1.807, 2.05) is 6.92 Å². The van der Waals surface area contributed by atoms with E-state index in [4.69, 9.17) is 5.14 Å². The van der Waals surface area contributed by atoms with Crippen molar-refractivity contribution in [2.24, 2.45) is 5.14 Å². The summed E-state index contributed by atoms with van der Waals surface area (Å²) in [6.45, 7) is 2.93. The minimum Gasteiger partial charge on any atom is -0.334 e. The van der Waals surface area contributed by atoms with Gasteiger partial charge in [-0.25, -0.2) is 18.4 Å². The predicted octanol–water partition coefficient (Wildman–Crippen LogP) is 0.872. The van der Waals surface area contributed by atoms with Crippen LogP contribution in [0.5, 0.6) is 0 Å². The number of aryl methyl sites for hydroxylation is 1. The molecule has 118 valence electrons. The number of rotatable bonds is 5. The summed E-state index contributed by atoms with van der Waals surface area (Å²) in [6, 6.07) is 5.61. The zero-order chi connectivity index (χ0) is 16.2. The molecule has 1 heterocycles. The average molecular weight is 323 g/mol. The quantitative estimate of drug-likeness (QED) is 0.756. The Morgan fingerprint density at radius 3 is 2.55 bits per heavy atom. The van der Waals surface area contributed by atoms with Crippen LogP contribution in [-0.4, -0.2) is 24.2 Å². The molecule has 0 unspecified atom stereocenters. The normalized spacial score (nSPS) is 11.2. The average Bonchev–Trinajstić information content (AvgIpc) is 2.92. The third-order valence-electron chi connectivity index (χ3n) is 2.92. The van der Waals surface area contributed by atoms with Crippen molar-refractivity contribution in [3.63, 3.8) is 0 Å². The summed E-state index contributed by atoms with van der Waals surface area (Å²) >= 11 is 0. The van der Waals surface area contributed by atoms with Crippen LogP contribution in [0, 0.1) is 0 Å². The highest BCUT2D eigenvalue weighted by Crippen LogP contribution is 2.09. The number of nitrogens with two attached hydrogens (primary N) is 1. The molecule has 2 amide bonds. The van der Waals surface area contributed by atoms with Gasteiger partial charge in [-0.1, -0.05) is 12.1 Å². The molecule has 0 saturated heterocycles. The minimum atomic E-state index is -3.70. The molecule has 0 radical (unpaired) electrons. The van der Waals surface area contributed by atoms with Crippen LogP contribution in [0.15, 0.2) is 41.6 Å². The first kappa shape index (κ1) is 16.0. The molecule has 0 saturated carbocycles. The van der Waals surface area contributed by atoms with E-state index in [0.717, 1.165) is 12.1 Å². The van der Waals surface area contributed by atoms with Crippen molar-refractivity contribution in [3.8, 4) is 0 Å². The smallest absolute Gasteiger partial charge is 0.319 e. The van der Waals surface area contributed by atoms with Crippen LogP contribution in [0.1, 0.15) is 12.5 Å². The Balaban J connectivity index is 1.88. The molecule has 0 aliphatic carbocycles. The van der Waals surface area contributed by atoms with E-state index in [0.29, 0.717) is 5.69 Å². The zero-order valence-corrected chi connectivity index (χ0v) is 12.8. The van der Waals surface area contributed by atoms with Gasteiger partial charge < -0.3 is 10.6 Å². The molecule has 0 atom stereocenters. The summed E-state index contributed by atoms with van der Waals surface area (Å²) in [5.74, 6) is 0. The molecule has 0 bridgehead atoms. The first-order valence-electron chi connectivity index (χ1n) is 6.57. The lowest BCUT2D eigenvalue weighted by Gasteiger charge is -2.06. The number of aromatic nitrogens is 2. The van der Waals surface area contributed by atoms with Crippen molar-refractivity contribution in [1.29, 1.82) is 0 Å². The minimum absolute atomic E-state index is 0.0349. The summed E-state index contributed by atoms with van der Waals surface area (Å²) in [6.07, 6.45) is 3.28. The molecule has 0 spiro atoms. The van der Waals surface area contributed by atoms with Gasteiger partial charge in [-0.15, -0.1) is 0 Å². The molecular weight excluding hydrogens is 306 g/mol. The van der Waals surface area contributed by atoms with Crippen molar-refractivity contribution in [3.05, 3.63) is 42.2 Å². The van der Waals surface area contributed by atoms with Crippen LogP contribution < -0.4 is 15.8 Å². The van der Waals surface area contributed by atoms with Crippen LogP contribution in [0.25, 0.3) is 0 Å². The van der Waals surface area contributed by atoms with Gasteiger partial charge in [0.05, 0.1) is 16.8 Å². The third-order valence-corrected chi connectivity index (χ3v) is 3.85. The topological polar surface area (TPSA) is 119 Å². The van der Waals surface area contributed by atoms with Crippen molar-refractivity contribution in [2.75, 3.05) is 5.32 Å². The monoisotopic (exact) mass is 323 g/mol. The second-order valence-electron chi connectivity index (χ2n) is 4.58. The lowest BCUT2D eigenvalue weighted by Crippen LogP contribution is -2.28. The number of anilines is 1. The van der Waals surface area contributed by atoms with Crippen LogP contribution in [0.3, 0.4) is 0 Å². The van der Waals surface area contributed by atoms with Crippen molar-refractivity contribution >= 4 is 21.7 Å². The molecule has 8 nitrogen and oxygen atoms in total. The van der Waals surface area contributed by atoms with Crippen LogP contribution in [-0.2, 0) is 23.1 Å². The van der Waals surface area contributed by atoms with Gasteiger partial charge in [0.15, 0.2) is 0 Å². The highest BCUT2D eigenvalue weighted by molar-refractivity contribution is 7.89. The summed E-state index contributed by atoms with van der Waals surface area (Å²) in [5.41, 5.74) is 1.36. The molecule has 2 aromatic rings. The Bertz CT molecular complexity index is 752. The van der Waals surface area contributed by atoms with E-state index in [1.54, 1.807) is 29.2 Å². The highest BCUT2D eigenvalue weighted by atomic mass is 32.2. The summed E-state index contributed by atoms with van der Waals surface area (Å²) in [4.78, 5) is 11.8. The van der Waals surface area contributed by atoms with Gasteiger partial charge in [-0.05, 0) is 24.6 Å². The standard InChI is InChI=1S/C13H17N5O3S/c1-2-18-9-11(8-16-18)17-13(19)15-7-10-3-5-12(6-4-10)22(14,20)21/h3-6,8-9H,2,7H2,1H3,(H2,14,20,21)(H2,15,17,19). The molecule has 22 heavy (non-hydrogen) atoms. The molecule has 0 fully saturated rings. The summed E-state index contributed by atoms with van der Waals surface area (Å²) in [5, 5.41) is 14.4.